The summed E-state index contributed by atoms with van der Waals surface area (Å²) >= 11 is 0. The second-order valence-electron chi connectivity index (χ2n) is 4.41. The molecule has 16 heavy (non-hydrogen) atoms. The van der Waals surface area contributed by atoms with Crippen LogP contribution in [-0.4, -0.2) is 17.5 Å². The van der Waals surface area contributed by atoms with Crippen LogP contribution in [0, 0.1) is 5.82 Å². The highest BCUT2D eigenvalue weighted by atomic mass is 19.1. The summed E-state index contributed by atoms with van der Waals surface area (Å²) in [6.07, 6.45) is 2.60. The smallest absolute Gasteiger partial charge is 0.123 e. The lowest BCUT2D eigenvalue weighted by Gasteiger charge is -2.21. The van der Waals surface area contributed by atoms with E-state index in [1.165, 1.54) is 18.9 Å². The molecule has 0 aromatic heterocycles. The molecule has 1 aliphatic rings. The van der Waals surface area contributed by atoms with Gasteiger partial charge in [0.15, 0.2) is 0 Å². The first kappa shape index (κ1) is 11.6. The van der Waals surface area contributed by atoms with Crippen LogP contribution in [0.15, 0.2) is 18.2 Å². The molecule has 1 saturated carbocycles. The first-order valence-corrected chi connectivity index (χ1v) is 5.96. The van der Waals surface area contributed by atoms with Crippen molar-refractivity contribution >= 4 is 0 Å². The molecule has 0 amide bonds. The minimum atomic E-state index is -0.196. The first-order chi connectivity index (χ1) is 7.74. The predicted octanol–water partition coefficient (Wildman–Crippen LogP) is 2.27. The van der Waals surface area contributed by atoms with Crippen molar-refractivity contribution in [1.29, 1.82) is 0 Å². The van der Waals surface area contributed by atoms with Crippen molar-refractivity contribution in [3.8, 4) is 0 Å². The lowest BCUT2D eigenvalue weighted by atomic mass is 10.1. The number of benzene rings is 1. The van der Waals surface area contributed by atoms with Crippen LogP contribution in [0.25, 0.3) is 0 Å². The third kappa shape index (κ3) is 2.60. The maximum absolute atomic E-state index is 13.1. The van der Waals surface area contributed by atoms with Gasteiger partial charge in [-0.25, -0.2) is 4.39 Å². The monoisotopic (exact) mass is 222 g/mol. The lowest BCUT2D eigenvalue weighted by Crippen LogP contribution is -2.25. The second-order valence-corrected chi connectivity index (χ2v) is 4.41. The van der Waals surface area contributed by atoms with E-state index < -0.39 is 0 Å². The Balaban J connectivity index is 2.12. The van der Waals surface area contributed by atoms with Crippen LogP contribution in [0.3, 0.4) is 0 Å². The van der Waals surface area contributed by atoms with Crippen LogP contribution in [0.4, 0.5) is 4.39 Å². The molecule has 1 aromatic rings. The molecule has 0 saturated heterocycles. The summed E-state index contributed by atoms with van der Waals surface area (Å²) in [5.41, 5.74) is 7.74. The minimum Gasteiger partial charge on any atom is -0.326 e. The molecule has 0 bridgehead atoms. The van der Waals surface area contributed by atoms with Gasteiger partial charge in [-0.3, -0.25) is 4.90 Å². The Labute approximate surface area is 96.2 Å². The number of nitrogens with zero attached hydrogens (tertiary/aromatic N) is 1. The summed E-state index contributed by atoms with van der Waals surface area (Å²) in [4.78, 5) is 2.44. The van der Waals surface area contributed by atoms with Crippen molar-refractivity contribution in [2.24, 2.45) is 5.73 Å². The van der Waals surface area contributed by atoms with Crippen LogP contribution < -0.4 is 5.73 Å². The van der Waals surface area contributed by atoms with Crippen molar-refractivity contribution in [2.75, 3.05) is 6.54 Å². The van der Waals surface area contributed by atoms with Crippen molar-refractivity contribution in [1.82, 2.24) is 4.90 Å². The molecule has 2 nitrogen and oxygen atoms in total. The van der Waals surface area contributed by atoms with Crippen molar-refractivity contribution in [3.05, 3.63) is 35.1 Å². The molecule has 0 aliphatic heterocycles. The molecular formula is C13H19FN2. The molecule has 0 heterocycles. The van der Waals surface area contributed by atoms with E-state index in [2.05, 4.69) is 11.8 Å². The van der Waals surface area contributed by atoms with Crippen molar-refractivity contribution < 1.29 is 4.39 Å². The molecule has 1 aliphatic carbocycles. The Kier molecular flexibility index (Phi) is 3.56. The van der Waals surface area contributed by atoms with Gasteiger partial charge in [0.25, 0.3) is 0 Å². The summed E-state index contributed by atoms with van der Waals surface area (Å²) in [6, 6.07) is 5.68. The van der Waals surface area contributed by atoms with Crippen LogP contribution in [0.2, 0.25) is 0 Å². The van der Waals surface area contributed by atoms with E-state index in [4.69, 9.17) is 5.73 Å². The molecule has 0 spiro atoms. The molecule has 0 radical (unpaired) electrons. The number of nitrogens with two attached hydrogens (primary N) is 1. The molecule has 3 heteroatoms. The average Bonchev–Trinajstić information content (AvgIpc) is 3.11. The molecule has 2 rings (SSSR count). The number of halogens is 1. The summed E-state index contributed by atoms with van der Waals surface area (Å²) in [7, 11) is 0. The van der Waals surface area contributed by atoms with Crippen molar-refractivity contribution in [2.45, 2.75) is 38.9 Å². The van der Waals surface area contributed by atoms with E-state index in [9.17, 15) is 4.39 Å². The van der Waals surface area contributed by atoms with Crippen LogP contribution >= 0.6 is 0 Å². The fourth-order valence-electron chi connectivity index (χ4n) is 2.10. The zero-order chi connectivity index (χ0) is 11.5. The van der Waals surface area contributed by atoms with E-state index in [-0.39, 0.29) is 5.82 Å². The first-order valence-electron chi connectivity index (χ1n) is 5.96. The SMILES string of the molecule is CCN(Cc1ccc(F)cc1CN)C1CC1. The van der Waals surface area contributed by atoms with E-state index >= 15 is 0 Å². The van der Waals surface area contributed by atoms with E-state index in [1.54, 1.807) is 6.07 Å². The van der Waals surface area contributed by atoms with Crippen LogP contribution in [0.1, 0.15) is 30.9 Å². The number of hydrogen-bond donors (Lipinski definition) is 1. The lowest BCUT2D eigenvalue weighted by molar-refractivity contribution is 0.268. The topological polar surface area (TPSA) is 29.3 Å². The summed E-state index contributed by atoms with van der Waals surface area (Å²) in [6.45, 7) is 4.53. The van der Waals surface area contributed by atoms with Crippen molar-refractivity contribution in [3.63, 3.8) is 0 Å². The number of hydrogen-bond acceptors (Lipinski definition) is 2. The van der Waals surface area contributed by atoms with Gasteiger partial charge in [0, 0.05) is 19.1 Å². The van der Waals surface area contributed by atoms with Gasteiger partial charge in [0.05, 0.1) is 0 Å². The Morgan fingerprint density at radius 1 is 1.38 bits per heavy atom. The van der Waals surface area contributed by atoms with Gasteiger partial charge in [0.1, 0.15) is 5.82 Å². The molecule has 0 unspecified atom stereocenters. The zero-order valence-electron chi connectivity index (χ0n) is 9.75. The highest BCUT2D eigenvalue weighted by Crippen LogP contribution is 2.28. The predicted molar refractivity (Wildman–Crippen MR) is 63.4 cm³/mol. The third-order valence-corrected chi connectivity index (χ3v) is 3.23. The Hall–Kier alpha value is -0.930. The van der Waals surface area contributed by atoms with Gasteiger partial charge in [-0.2, -0.15) is 0 Å². The maximum Gasteiger partial charge on any atom is 0.123 e. The quantitative estimate of drug-likeness (QED) is 0.828. The summed E-state index contributed by atoms with van der Waals surface area (Å²) in [5, 5.41) is 0. The maximum atomic E-state index is 13.1. The fourth-order valence-corrected chi connectivity index (χ4v) is 2.10. The van der Waals surface area contributed by atoms with E-state index in [0.717, 1.165) is 30.3 Å². The van der Waals surface area contributed by atoms with Gasteiger partial charge in [0.2, 0.25) is 0 Å². The summed E-state index contributed by atoms with van der Waals surface area (Å²) in [5.74, 6) is -0.196. The Morgan fingerprint density at radius 3 is 2.69 bits per heavy atom. The second kappa shape index (κ2) is 4.93. The van der Waals surface area contributed by atoms with E-state index in [1.807, 2.05) is 6.07 Å². The highest BCUT2D eigenvalue weighted by molar-refractivity contribution is 5.28. The Morgan fingerprint density at radius 2 is 2.12 bits per heavy atom. The van der Waals surface area contributed by atoms with Gasteiger partial charge < -0.3 is 5.73 Å². The van der Waals surface area contributed by atoms with Crippen LogP contribution in [0.5, 0.6) is 0 Å². The third-order valence-electron chi connectivity index (χ3n) is 3.23. The molecule has 88 valence electrons. The average molecular weight is 222 g/mol. The van der Waals surface area contributed by atoms with Gasteiger partial charge in [-0.15, -0.1) is 0 Å². The molecule has 2 N–H and O–H groups in total. The normalized spacial score (nSPS) is 15.8. The van der Waals surface area contributed by atoms with Gasteiger partial charge in [-0.05, 0) is 42.6 Å². The van der Waals surface area contributed by atoms with Gasteiger partial charge >= 0.3 is 0 Å². The minimum absolute atomic E-state index is 0.196. The molecule has 0 atom stereocenters. The van der Waals surface area contributed by atoms with E-state index in [0.29, 0.717) is 6.54 Å². The Bertz CT molecular complexity index is 361. The largest absolute Gasteiger partial charge is 0.326 e. The number of rotatable bonds is 5. The van der Waals surface area contributed by atoms with Crippen LogP contribution in [-0.2, 0) is 13.1 Å². The standard InChI is InChI=1S/C13H19FN2/c1-2-16(13-5-6-13)9-10-3-4-12(14)7-11(10)8-15/h3-4,7,13H,2,5-6,8-9,15H2,1H3. The molecule has 1 fully saturated rings. The zero-order valence-corrected chi connectivity index (χ0v) is 9.75. The van der Waals surface area contributed by atoms with Gasteiger partial charge in [-0.1, -0.05) is 13.0 Å². The molecular weight excluding hydrogens is 203 g/mol. The summed E-state index contributed by atoms with van der Waals surface area (Å²) < 4.78 is 13.1. The fraction of sp³-hybridized carbons (Fsp3) is 0.538. The molecule has 1 aromatic carbocycles. The highest BCUT2D eigenvalue weighted by Gasteiger charge is 2.27.